The molecule has 2 aromatic rings. The molecule has 3 amide bonds. The van der Waals surface area contributed by atoms with E-state index in [1.54, 1.807) is 36.4 Å². The Hall–Kier alpha value is -2.86. The van der Waals surface area contributed by atoms with Crippen LogP contribution in [0.2, 0.25) is 5.02 Å². The van der Waals surface area contributed by atoms with E-state index in [2.05, 4.69) is 5.32 Å². The van der Waals surface area contributed by atoms with E-state index in [-0.39, 0.29) is 30.7 Å². The molecule has 6 nitrogen and oxygen atoms in total. The third-order valence-corrected chi connectivity index (χ3v) is 4.67. The van der Waals surface area contributed by atoms with Gasteiger partial charge in [-0.2, -0.15) is 0 Å². The number of rotatable bonds is 9. The number of benzene rings is 2. The van der Waals surface area contributed by atoms with Gasteiger partial charge in [0.25, 0.3) is 11.8 Å². The van der Waals surface area contributed by atoms with Crippen LogP contribution in [0.25, 0.3) is 0 Å². The maximum atomic E-state index is 12.2. The monoisotopic (exact) mass is 400 g/mol. The molecule has 0 fully saturated rings. The highest BCUT2D eigenvalue weighted by atomic mass is 35.5. The lowest BCUT2D eigenvalue weighted by atomic mass is 10.1. The number of fused-ring (bicyclic) bond motifs is 1. The first-order valence-corrected chi connectivity index (χ1v) is 9.54. The number of amides is 3. The molecule has 2 aromatic carbocycles. The topological polar surface area (TPSA) is 75.7 Å². The van der Waals surface area contributed by atoms with Gasteiger partial charge in [-0.15, -0.1) is 0 Å². The number of ether oxygens (including phenoxy) is 1. The smallest absolute Gasteiger partial charge is 0.261 e. The zero-order valence-electron chi connectivity index (χ0n) is 15.3. The molecule has 0 bridgehead atoms. The molecule has 1 aliphatic rings. The standard InChI is InChI=1S/C21H21ClN2O4/c22-15-7-9-16(10-8-15)28-14-4-3-12-23-19(25)11-13-24-20(26)17-5-1-2-6-18(17)21(24)27/h1-2,5-10H,3-4,11-14H2,(H,23,25). The molecule has 1 heterocycles. The SMILES string of the molecule is O=C(CCN1C(=O)c2ccccc2C1=O)NCCCCOc1ccc(Cl)cc1. The Morgan fingerprint density at radius 1 is 0.964 bits per heavy atom. The number of imide groups is 1. The summed E-state index contributed by atoms with van der Waals surface area (Å²) in [5.41, 5.74) is 0.794. The molecule has 28 heavy (non-hydrogen) atoms. The van der Waals surface area contributed by atoms with Crippen molar-refractivity contribution in [3.63, 3.8) is 0 Å². The van der Waals surface area contributed by atoms with Crippen LogP contribution in [0.5, 0.6) is 5.75 Å². The Kier molecular flexibility index (Phi) is 6.66. The summed E-state index contributed by atoms with van der Waals surface area (Å²) >= 11 is 5.81. The molecule has 0 unspecified atom stereocenters. The number of nitrogens with zero attached hydrogens (tertiary/aromatic N) is 1. The summed E-state index contributed by atoms with van der Waals surface area (Å²) in [6.07, 6.45) is 1.65. The molecule has 3 rings (SSSR count). The summed E-state index contributed by atoms with van der Waals surface area (Å²) in [6, 6.07) is 13.8. The second-order valence-corrected chi connectivity index (χ2v) is 6.85. The lowest BCUT2D eigenvalue weighted by molar-refractivity contribution is -0.121. The van der Waals surface area contributed by atoms with Crippen LogP contribution in [0.3, 0.4) is 0 Å². The lowest BCUT2D eigenvalue weighted by Gasteiger charge is -2.13. The van der Waals surface area contributed by atoms with E-state index in [9.17, 15) is 14.4 Å². The molecule has 0 saturated heterocycles. The Morgan fingerprint density at radius 3 is 2.25 bits per heavy atom. The highest BCUT2D eigenvalue weighted by molar-refractivity contribution is 6.30. The van der Waals surface area contributed by atoms with Gasteiger partial charge >= 0.3 is 0 Å². The van der Waals surface area contributed by atoms with E-state index < -0.39 is 0 Å². The third kappa shape index (κ3) is 4.89. The highest BCUT2D eigenvalue weighted by Crippen LogP contribution is 2.22. The fraction of sp³-hybridized carbons (Fsp3) is 0.286. The fourth-order valence-corrected chi connectivity index (χ4v) is 3.05. The molecule has 1 N–H and O–H groups in total. The van der Waals surface area contributed by atoms with Gasteiger partial charge < -0.3 is 10.1 Å². The number of hydrogen-bond acceptors (Lipinski definition) is 4. The van der Waals surface area contributed by atoms with Crippen molar-refractivity contribution in [1.29, 1.82) is 0 Å². The van der Waals surface area contributed by atoms with Crippen molar-refractivity contribution in [2.45, 2.75) is 19.3 Å². The Balaban J connectivity index is 1.31. The molecule has 0 aromatic heterocycles. The van der Waals surface area contributed by atoms with E-state index in [1.807, 2.05) is 12.1 Å². The van der Waals surface area contributed by atoms with Gasteiger partial charge in [-0.1, -0.05) is 23.7 Å². The van der Waals surface area contributed by atoms with E-state index >= 15 is 0 Å². The van der Waals surface area contributed by atoms with Gasteiger partial charge in [0.2, 0.25) is 5.91 Å². The number of nitrogens with one attached hydrogen (secondary N) is 1. The minimum Gasteiger partial charge on any atom is -0.494 e. The number of unbranched alkanes of at least 4 members (excludes halogenated alkanes) is 1. The van der Waals surface area contributed by atoms with Crippen LogP contribution < -0.4 is 10.1 Å². The second-order valence-electron chi connectivity index (χ2n) is 6.42. The predicted molar refractivity (Wildman–Crippen MR) is 106 cm³/mol. The van der Waals surface area contributed by atoms with E-state index in [0.29, 0.717) is 29.3 Å². The first-order chi connectivity index (χ1) is 13.6. The van der Waals surface area contributed by atoms with Crippen LogP contribution in [0.4, 0.5) is 0 Å². The molecule has 0 radical (unpaired) electrons. The quantitative estimate of drug-likeness (QED) is 0.517. The number of hydrogen-bond donors (Lipinski definition) is 1. The molecule has 1 aliphatic heterocycles. The Morgan fingerprint density at radius 2 is 1.61 bits per heavy atom. The third-order valence-electron chi connectivity index (χ3n) is 4.42. The van der Waals surface area contributed by atoms with Crippen LogP contribution in [0, 0.1) is 0 Å². The number of carbonyl (C=O) groups is 3. The van der Waals surface area contributed by atoms with Crippen molar-refractivity contribution in [2.75, 3.05) is 19.7 Å². The minimum absolute atomic E-state index is 0.0812. The largest absolute Gasteiger partial charge is 0.494 e. The van der Waals surface area contributed by atoms with Gasteiger partial charge in [-0.25, -0.2) is 0 Å². The normalized spacial score (nSPS) is 12.8. The number of halogens is 1. The van der Waals surface area contributed by atoms with Gasteiger partial charge in [0.05, 0.1) is 17.7 Å². The molecule has 0 atom stereocenters. The van der Waals surface area contributed by atoms with Crippen molar-refractivity contribution in [2.24, 2.45) is 0 Å². The molecular formula is C21H21ClN2O4. The summed E-state index contributed by atoms with van der Waals surface area (Å²) in [5.74, 6) is -0.106. The zero-order valence-corrected chi connectivity index (χ0v) is 16.1. The van der Waals surface area contributed by atoms with Gasteiger partial charge in [-0.3, -0.25) is 19.3 Å². The molecule has 0 saturated carbocycles. The van der Waals surface area contributed by atoms with Crippen molar-refractivity contribution < 1.29 is 19.1 Å². The van der Waals surface area contributed by atoms with Gasteiger partial charge in [0, 0.05) is 24.5 Å². The molecular weight excluding hydrogens is 380 g/mol. The highest BCUT2D eigenvalue weighted by Gasteiger charge is 2.34. The second kappa shape index (κ2) is 9.37. The van der Waals surface area contributed by atoms with Crippen molar-refractivity contribution in [3.05, 3.63) is 64.7 Å². The van der Waals surface area contributed by atoms with Gasteiger partial charge in [0.15, 0.2) is 0 Å². The average molecular weight is 401 g/mol. The molecule has 146 valence electrons. The van der Waals surface area contributed by atoms with Crippen LogP contribution in [-0.2, 0) is 4.79 Å². The van der Waals surface area contributed by atoms with Crippen molar-refractivity contribution >= 4 is 29.3 Å². The summed E-state index contributed by atoms with van der Waals surface area (Å²) in [5, 5.41) is 3.47. The van der Waals surface area contributed by atoms with Crippen LogP contribution in [0.1, 0.15) is 40.0 Å². The van der Waals surface area contributed by atoms with Crippen molar-refractivity contribution in [3.8, 4) is 5.75 Å². The lowest BCUT2D eigenvalue weighted by Crippen LogP contribution is -2.34. The van der Waals surface area contributed by atoms with Gasteiger partial charge in [0.1, 0.15) is 5.75 Å². The predicted octanol–water partition coefficient (Wildman–Crippen LogP) is 3.30. The van der Waals surface area contributed by atoms with Crippen molar-refractivity contribution in [1.82, 2.24) is 10.2 Å². The summed E-state index contributed by atoms with van der Waals surface area (Å²) < 4.78 is 5.58. The minimum atomic E-state index is -0.340. The Bertz CT molecular complexity index is 832. The van der Waals surface area contributed by atoms with E-state index in [1.165, 1.54) is 0 Å². The molecule has 7 heteroatoms. The van der Waals surface area contributed by atoms with Gasteiger partial charge in [-0.05, 0) is 49.2 Å². The summed E-state index contributed by atoms with van der Waals surface area (Å²) in [6.45, 7) is 1.15. The van der Waals surface area contributed by atoms with Crippen LogP contribution in [-0.4, -0.2) is 42.3 Å². The Labute approximate surface area is 168 Å². The first-order valence-electron chi connectivity index (χ1n) is 9.16. The maximum absolute atomic E-state index is 12.2. The maximum Gasteiger partial charge on any atom is 0.261 e. The average Bonchev–Trinajstić information content (AvgIpc) is 2.95. The molecule has 0 spiro atoms. The van der Waals surface area contributed by atoms with E-state index in [4.69, 9.17) is 16.3 Å². The zero-order chi connectivity index (χ0) is 19.9. The number of carbonyl (C=O) groups excluding carboxylic acids is 3. The summed E-state index contributed by atoms with van der Waals surface area (Å²) in [7, 11) is 0. The first kappa shape index (κ1) is 19.9. The van der Waals surface area contributed by atoms with Crippen LogP contribution in [0.15, 0.2) is 48.5 Å². The fourth-order valence-electron chi connectivity index (χ4n) is 2.92. The van der Waals surface area contributed by atoms with Crippen LogP contribution >= 0.6 is 11.6 Å². The van der Waals surface area contributed by atoms with E-state index in [0.717, 1.165) is 23.5 Å². The summed E-state index contributed by atoms with van der Waals surface area (Å²) in [4.78, 5) is 37.6. The molecule has 0 aliphatic carbocycles.